The van der Waals surface area contributed by atoms with Crippen LogP contribution < -0.4 is 5.32 Å². The van der Waals surface area contributed by atoms with Crippen molar-refractivity contribution in [2.24, 2.45) is 0 Å². The average Bonchev–Trinajstić information content (AvgIpc) is 2.74. The summed E-state index contributed by atoms with van der Waals surface area (Å²) in [4.78, 5) is 12.8. The van der Waals surface area contributed by atoms with Crippen molar-refractivity contribution < 1.29 is 17.6 Å². The zero-order chi connectivity index (χ0) is 22.4. The molecule has 1 amide bonds. The van der Waals surface area contributed by atoms with Crippen molar-refractivity contribution >= 4 is 27.5 Å². The van der Waals surface area contributed by atoms with Crippen molar-refractivity contribution in [2.75, 3.05) is 6.54 Å². The van der Waals surface area contributed by atoms with E-state index in [1.54, 1.807) is 43.3 Å². The van der Waals surface area contributed by atoms with Gasteiger partial charge in [-0.3, -0.25) is 4.79 Å². The van der Waals surface area contributed by atoms with Crippen LogP contribution in [0.15, 0.2) is 83.8 Å². The molecule has 5 nitrogen and oxygen atoms in total. The molecule has 0 heterocycles. The molecule has 0 spiro atoms. The van der Waals surface area contributed by atoms with Crippen molar-refractivity contribution in [3.8, 4) is 0 Å². The van der Waals surface area contributed by atoms with Crippen molar-refractivity contribution in [3.63, 3.8) is 0 Å². The van der Waals surface area contributed by atoms with Gasteiger partial charge in [-0.2, -0.15) is 4.31 Å². The number of amides is 1. The summed E-state index contributed by atoms with van der Waals surface area (Å²) in [5.74, 6) is -0.837. The molecule has 0 aliphatic rings. The molecule has 0 bridgehead atoms. The first kappa shape index (κ1) is 22.9. The van der Waals surface area contributed by atoms with Crippen LogP contribution in [0.2, 0.25) is 5.02 Å². The molecular formula is C23H22ClFN2O3S. The Kier molecular flexibility index (Phi) is 7.43. The zero-order valence-electron chi connectivity index (χ0n) is 16.8. The van der Waals surface area contributed by atoms with Crippen LogP contribution in [0, 0.1) is 5.82 Å². The highest BCUT2D eigenvalue weighted by Crippen LogP contribution is 2.21. The summed E-state index contributed by atoms with van der Waals surface area (Å²) in [6.07, 6.45) is 0. The summed E-state index contributed by atoms with van der Waals surface area (Å²) in [5.41, 5.74) is 1.46. The lowest BCUT2D eigenvalue weighted by molar-refractivity contribution is -0.122. The largest absolute Gasteiger partial charge is 0.348 e. The van der Waals surface area contributed by atoms with Gasteiger partial charge in [-0.1, -0.05) is 54.1 Å². The van der Waals surface area contributed by atoms with E-state index in [0.717, 1.165) is 9.87 Å². The minimum Gasteiger partial charge on any atom is -0.348 e. The Balaban J connectivity index is 1.81. The molecule has 162 valence electrons. The first-order valence-corrected chi connectivity index (χ1v) is 11.4. The predicted molar refractivity (Wildman–Crippen MR) is 118 cm³/mol. The van der Waals surface area contributed by atoms with Crippen LogP contribution in [-0.2, 0) is 21.4 Å². The molecule has 0 unspecified atom stereocenters. The molecule has 3 aromatic rings. The lowest BCUT2D eigenvalue weighted by Crippen LogP contribution is -2.41. The second kappa shape index (κ2) is 10.0. The number of hydrogen-bond acceptors (Lipinski definition) is 3. The summed E-state index contributed by atoms with van der Waals surface area (Å²) < 4.78 is 40.7. The second-order valence-corrected chi connectivity index (χ2v) is 9.43. The van der Waals surface area contributed by atoms with E-state index < -0.39 is 22.0 Å². The number of hydrogen-bond donors (Lipinski definition) is 1. The lowest BCUT2D eigenvalue weighted by Gasteiger charge is -2.23. The van der Waals surface area contributed by atoms with Gasteiger partial charge in [0.05, 0.1) is 17.5 Å². The van der Waals surface area contributed by atoms with Crippen molar-refractivity contribution in [1.29, 1.82) is 0 Å². The van der Waals surface area contributed by atoms with Gasteiger partial charge in [-0.05, 0) is 54.4 Å². The van der Waals surface area contributed by atoms with Crippen LogP contribution >= 0.6 is 11.6 Å². The van der Waals surface area contributed by atoms with Gasteiger partial charge in [0, 0.05) is 11.6 Å². The molecule has 8 heteroatoms. The number of benzene rings is 3. The molecule has 0 aliphatic heterocycles. The highest BCUT2D eigenvalue weighted by atomic mass is 35.5. The molecule has 0 aromatic heterocycles. The van der Waals surface area contributed by atoms with Crippen LogP contribution in [0.1, 0.15) is 24.1 Å². The van der Waals surface area contributed by atoms with Crippen molar-refractivity contribution in [3.05, 3.63) is 101 Å². The fraction of sp³-hybridized carbons (Fsp3) is 0.174. The van der Waals surface area contributed by atoms with Crippen LogP contribution in [0.4, 0.5) is 4.39 Å². The van der Waals surface area contributed by atoms with Crippen LogP contribution in [0.3, 0.4) is 0 Å². The maximum atomic E-state index is 13.2. The van der Waals surface area contributed by atoms with Gasteiger partial charge < -0.3 is 5.32 Å². The Morgan fingerprint density at radius 1 is 1.00 bits per heavy atom. The van der Waals surface area contributed by atoms with E-state index >= 15 is 0 Å². The summed E-state index contributed by atoms with van der Waals surface area (Å²) in [6.45, 7) is 1.41. The van der Waals surface area contributed by atoms with E-state index in [9.17, 15) is 17.6 Å². The third-order valence-corrected chi connectivity index (χ3v) is 6.78. The van der Waals surface area contributed by atoms with Crippen molar-refractivity contribution in [1.82, 2.24) is 9.62 Å². The molecule has 0 aliphatic carbocycles. The van der Waals surface area contributed by atoms with Crippen LogP contribution in [0.25, 0.3) is 0 Å². The molecule has 1 N–H and O–H groups in total. The molecule has 0 fully saturated rings. The zero-order valence-corrected chi connectivity index (χ0v) is 18.4. The van der Waals surface area contributed by atoms with Crippen molar-refractivity contribution in [2.45, 2.75) is 24.4 Å². The predicted octanol–water partition coefficient (Wildman–Crippen LogP) is 4.55. The maximum Gasteiger partial charge on any atom is 0.243 e. The Morgan fingerprint density at radius 2 is 1.61 bits per heavy atom. The summed E-state index contributed by atoms with van der Waals surface area (Å²) >= 11 is 5.88. The van der Waals surface area contributed by atoms with E-state index in [2.05, 4.69) is 5.32 Å². The molecule has 0 radical (unpaired) electrons. The van der Waals surface area contributed by atoms with Crippen LogP contribution in [0.5, 0.6) is 0 Å². The van der Waals surface area contributed by atoms with E-state index in [4.69, 9.17) is 11.6 Å². The highest BCUT2D eigenvalue weighted by molar-refractivity contribution is 7.89. The van der Waals surface area contributed by atoms with Crippen LogP contribution in [-0.4, -0.2) is 25.2 Å². The topological polar surface area (TPSA) is 66.5 Å². The number of halogens is 2. The normalized spacial score (nSPS) is 12.5. The molecule has 0 saturated carbocycles. The highest BCUT2D eigenvalue weighted by Gasteiger charge is 2.27. The Labute approximate surface area is 186 Å². The minimum atomic E-state index is -3.95. The third-order valence-electron chi connectivity index (χ3n) is 4.72. The van der Waals surface area contributed by atoms with E-state index in [0.29, 0.717) is 10.6 Å². The fourth-order valence-electron chi connectivity index (χ4n) is 3.05. The smallest absolute Gasteiger partial charge is 0.243 e. The molecule has 0 saturated heterocycles. The standard InChI is InChI=1S/C23H22ClFN2O3S/c1-17(19-7-11-21(25)12-8-19)26-23(28)16-27(15-18-5-3-2-4-6-18)31(29,30)22-13-9-20(24)10-14-22/h2-14,17H,15-16H2,1H3,(H,26,28)/t17-/m0/s1. The maximum absolute atomic E-state index is 13.2. The minimum absolute atomic E-state index is 0.0319. The number of nitrogens with one attached hydrogen (secondary N) is 1. The van der Waals surface area contributed by atoms with E-state index in [-0.39, 0.29) is 23.8 Å². The first-order valence-electron chi connectivity index (χ1n) is 9.60. The Morgan fingerprint density at radius 3 is 2.23 bits per heavy atom. The molecule has 3 rings (SSSR count). The van der Waals surface area contributed by atoms with Gasteiger partial charge in [-0.15, -0.1) is 0 Å². The molecule has 31 heavy (non-hydrogen) atoms. The number of rotatable bonds is 8. The van der Waals surface area contributed by atoms with Gasteiger partial charge in [0.25, 0.3) is 0 Å². The van der Waals surface area contributed by atoms with Gasteiger partial charge in [0.1, 0.15) is 5.82 Å². The monoisotopic (exact) mass is 460 g/mol. The average molecular weight is 461 g/mol. The first-order chi connectivity index (χ1) is 14.8. The second-order valence-electron chi connectivity index (χ2n) is 7.05. The fourth-order valence-corrected chi connectivity index (χ4v) is 4.56. The number of carbonyl (C=O) groups is 1. The summed E-state index contributed by atoms with van der Waals surface area (Å²) in [7, 11) is -3.95. The number of carbonyl (C=O) groups excluding carboxylic acids is 1. The van der Waals surface area contributed by atoms with E-state index in [1.165, 1.54) is 36.4 Å². The molecule has 1 atom stereocenters. The third kappa shape index (κ3) is 6.13. The molecule has 3 aromatic carbocycles. The van der Waals surface area contributed by atoms with Gasteiger partial charge in [0.15, 0.2) is 0 Å². The Bertz CT molecular complexity index is 1120. The van der Waals surface area contributed by atoms with Gasteiger partial charge in [0.2, 0.25) is 15.9 Å². The number of nitrogens with zero attached hydrogens (tertiary/aromatic N) is 1. The van der Waals surface area contributed by atoms with Gasteiger partial charge >= 0.3 is 0 Å². The summed E-state index contributed by atoms with van der Waals surface area (Å²) in [6, 6.07) is 20.2. The quantitative estimate of drug-likeness (QED) is 0.536. The molecular weight excluding hydrogens is 439 g/mol. The van der Waals surface area contributed by atoms with E-state index in [1.807, 2.05) is 6.07 Å². The number of sulfonamides is 1. The lowest BCUT2D eigenvalue weighted by atomic mass is 10.1. The SMILES string of the molecule is C[C@H](NC(=O)CN(Cc1ccccc1)S(=O)(=O)c1ccc(Cl)cc1)c1ccc(F)cc1. The Hall–Kier alpha value is -2.74. The van der Waals surface area contributed by atoms with Gasteiger partial charge in [-0.25, -0.2) is 12.8 Å². The summed E-state index contributed by atoms with van der Waals surface area (Å²) in [5, 5.41) is 3.19.